The number of rotatable bonds is 7. The molecule has 0 spiro atoms. The molecular weight excluding hydrogens is 308 g/mol. The lowest BCUT2D eigenvalue weighted by Crippen LogP contribution is -2.37. The third-order valence-corrected chi connectivity index (χ3v) is 3.45. The molecule has 0 radical (unpaired) electrons. The fourth-order valence-corrected chi connectivity index (χ4v) is 2.36. The molecule has 24 heavy (non-hydrogen) atoms. The monoisotopic (exact) mass is 330 g/mol. The second-order valence-electron chi connectivity index (χ2n) is 5.80. The highest BCUT2D eigenvalue weighted by atomic mass is 16.5. The number of hydrogen-bond acceptors (Lipinski definition) is 4. The molecule has 1 N–H and O–H groups in total. The van der Waals surface area contributed by atoms with Gasteiger partial charge in [-0.05, 0) is 37.6 Å². The van der Waals surface area contributed by atoms with E-state index in [4.69, 9.17) is 4.74 Å². The minimum absolute atomic E-state index is 0.0866. The first-order valence-corrected chi connectivity index (χ1v) is 8.01. The molecular formula is C18H22N2O4. The van der Waals surface area contributed by atoms with Crippen LogP contribution in [-0.2, 0) is 14.4 Å². The van der Waals surface area contributed by atoms with Gasteiger partial charge in [0.25, 0.3) is 0 Å². The smallest absolute Gasteiger partial charge is 0.244 e. The van der Waals surface area contributed by atoms with Gasteiger partial charge in [-0.25, -0.2) is 0 Å². The highest BCUT2D eigenvalue weighted by molar-refractivity contribution is 6.02. The van der Waals surface area contributed by atoms with Gasteiger partial charge in [0.05, 0.1) is 6.10 Å². The fraction of sp³-hybridized carbons (Fsp3) is 0.389. The van der Waals surface area contributed by atoms with Crippen LogP contribution in [0.15, 0.2) is 30.3 Å². The Bertz CT molecular complexity index is 636. The van der Waals surface area contributed by atoms with Gasteiger partial charge < -0.3 is 10.1 Å². The second-order valence-corrected chi connectivity index (χ2v) is 5.80. The lowest BCUT2D eigenvalue weighted by atomic mass is 10.2. The maximum atomic E-state index is 11.8. The summed E-state index contributed by atoms with van der Waals surface area (Å²) in [6.45, 7) is 4.36. The van der Waals surface area contributed by atoms with Crippen LogP contribution in [0.2, 0.25) is 0 Å². The summed E-state index contributed by atoms with van der Waals surface area (Å²) in [6.07, 6.45) is 3.73. The maximum absolute atomic E-state index is 11.8. The van der Waals surface area contributed by atoms with Gasteiger partial charge in [-0.3, -0.25) is 19.3 Å². The number of amides is 3. The summed E-state index contributed by atoms with van der Waals surface area (Å²) in [6, 6.07) is 7.45. The molecule has 6 nitrogen and oxygen atoms in total. The van der Waals surface area contributed by atoms with E-state index < -0.39 is 0 Å². The Morgan fingerprint density at radius 3 is 2.67 bits per heavy atom. The molecule has 1 saturated heterocycles. The molecule has 1 heterocycles. The second kappa shape index (κ2) is 8.29. The summed E-state index contributed by atoms with van der Waals surface area (Å²) >= 11 is 0. The zero-order chi connectivity index (χ0) is 17.5. The van der Waals surface area contributed by atoms with E-state index in [0.717, 1.165) is 11.3 Å². The Morgan fingerprint density at radius 1 is 1.29 bits per heavy atom. The van der Waals surface area contributed by atoms with Crippen LogP contribution in [0.3, 0.4) is 0 Å². The van der Waals surface area contributed by atoms with Gasteiger partial charge in [-0.15, -0.1) is 0 Å². The van der Waals surface area contributed by atoms with Gasteiger partial charge in [-0.1, -0.05) is 12.1 Å². The number of likely N-dealkylation sites (tertiary alicyclic amines) is 1. The van der Waals surface area contributed by atoms with Crippen molar-refractivity contribution in [3.8, 4) is 5.75 Å². The normalized spacial score (nSPS) is 14.7. The summed E-state index contributed by atoms with van der Waals surface area (Å²) in [7, 11) is 0. The molecule has 1 fully saturated rings. The van der Waals surface area contributed by atoms with Crippen LogP contribution in [0, 0.1) is 0 Å². The van der Waals surface area contributed by atoms with Crippen LogP contribution < -0.4 is 10.1 Å². The highest BCUT2D eigenvalue weighted by Gasteiger charge is 2.28. The minimum Gasteiger partial charge on any atom is -0.491 e. The highest BCUT2D eigenvalue weighted by Crippen LogP contribution is 2.15. The lowest BCUT2D eigenvalue weighted by molar-refractivity contribution is -0.138. The Morgan fingerprint density at radius 2 is 2.00 bits per heavy atom. The number of carbonyl (C=O) groups is 3. The Hall–Kier alpha value is -2.63. The van der Waals surface area contributed by atoms with Gasteiger partial charge in [0.2, 0.25) is 17.7 Å². The molecule has 6 heteroatoms. The molecule has 0 aromatic heterocycles. The quantitative estimate of drug-likeness (QED) is 0.610. The van der Waals surface area contributed by atoms with E-state index in [9.17, 15) is 14.4 Å². The first-order valence-electron chi connectivity index (χ1n) is 8.01. The maximum Gasteiger partial charge on any atom is 0.244 e. The largest absolute Gasteiger partial charge is 0.491 e. The van der Waals surface area contributed by atoms with Crippen molar-refractivity contribution < 1.29 is 19.1 Å². The van der Waals surface area contributed by atoms with Crippen LogP contribution in [0.25, 0.3) is 6.08 Å². The molecule has 0 saturated carbocycles. The summed E-state index contributed by atoms with van der Waals surface area (Å²) < 4.78 is 5.60. The number of hydrogen-bond donors (Lipinski definition) is 1. The van der Waals surface area contributed by atoms with Gasteiger partial charge >= 0.3 is 0 Å². The number of benzene rings is 1. The SMILES string of the molecule is CC(C)Oc1cccc(C=CC(=O)NCCN2C(=O)CCC2=O)c1. The Balaban J connectivity index is 1.80. The molecule has 2 rings (SSSR count). The topological polar surface area (TPSA) is 75.7 Å². The van der Waals surface area contributed by atoms with Crippen molar-refractivity contribution >= 4 is 23.8 Å². The van der Waals surface area contributed by atoms with E-state index in [1.54, 1.807) is 6.08 Å². The molecule has 3 amide bonds. The van der Waals surface area contributed by atoms with Crippen molar-refractivity contribution in [2.75, 3.05) is 13.1 Å². The summed E-state index contributed by atoms with van der Waals surface area (Å²) in [5.41, 5.74) is 0.855. The summed E-state index contributed by atoms with van der Waals surface area (Å²) in [5, 5.41) is 2.66. The van der Waals surface area contributed by atoms with Crippen LogP contribution in [0.1, 0.15) is 32.3 Å². The van der Waals surface area contributed by atoms with Gasteiger partial charge in [-0.2, -0.15) is 0 Å². The molecule has 0 aliphatic carbocycles. The zero-order valence-electron chi connectivity index (χ0n) is 14.0. The average molecular weight is 330 g/mol. The molecule has 128 valence electrons. The summed E-state index contributed by atoms with van der Waals surface area (Å²) in [5.74, 6) is 0.126. The van der Waals surface area contributed by atoms with E-state index in [2.05, 4.69) is 5.32 Å². The van der Waals surface area contributed by atoms with Crippen molar-refractivity contribution in [2.24, 2.45) is 0 Å². The van der Waals surface area contributed by atoms with Crippen molar-refractivity contribution in [3.05, 3.63) is 35.9 Å². The third kappa shape index (κ3) is 5.22. The van der Waals surface area contributed by atoms with E-state index in [1.165, 1.54) is 11.0 Å². The predicted molar refractivity (Wildman–Crippen MR) is 90.2 cm³/mol. The zero-order valence-corrected chi connectivity index (χ0v) is 14.0. The van der Waals surface area contributed by atoms with Crippen LogP contribution >= 0.6 is 0 Å². The van der Waals surface area contributed by atoms with E-state index in [-0.39, 0.29) is 49.8 Å². The van der Waals surface area contributed by atoms with Crippen molar-refractivity contribution in [2.45, 2.75) is 32.8 Å². The molecule has 0 atom stereocenters. The summed E-state index contributed by atoms with van der Waals surface area (Å²) in [4.78, 5) is 35.9. The minimum atomic E-state index is -0.274. The van der Waals surface area contributed by atoms with E-state index >= 15 is 0 Å². The predicted octanol–water partition coefficient (Wildman–Crippen LogP) is 1.75. The Labute approximate surface area is 141 Å². The standard InChI is InChI=1S/C18H22N2O4/c1-13(2)24-15-5-3-4-14(12-15)6-7-16(21)19-10-11-20-17(22)8-9-18(20)23/h3-7,12-13H,8-11H2,1-2H3,(H,19,21). The number of nitrogens with zero attached hydrogens (tertiary/aromatic N) is 1. The molecule has 0 unspecified atom stereocenters. The molecule has 1 aliphatic heterocycles. The number of nitrogens with one attached hydrogen (secondary N) is 1. The first kappa shape index (κ1) is 17.7. The number of imide groups is 1. The molecule has 0 bridgehead atoms. The molecule has 1 aromatic rings. The van der Waals surface area contributed by atoms with Gasteiger partial charge in [0.1, 0.15) is 5.75 Å². The van der Waals surface area contributed by atoms with Gasteiger partial charge in [0, 0.05) is 32.0 Å². The lowest BCUT2D eigenvalue weighted by Gasteiger charge is -2.13. The van der Waals surface area contributed by atoms with Gasteiger partial charge in [0.15, 0.2) is 0 Å². The fourth-order valence-electron chi connectivity index (χ4n) is 2.36. The van der Waals surface area contributed by atoms with Crippen molar-refractivity contribution in [1.29, 1.82) is 0 Å². The average Bonchev–Trinajstić information content (AvgIpc) is 2.84. The van der Waals surface area contributed by atoms with Crippen LogP contribution in [0.4, 0.5) is 0 Å². The molecule has 1 aromatic carbocycles. The van der Waals surface area contributed by atoms with Crippen LogP contribution in [0.5, 0.6) is 5.75 Å². The van der Waals surface area contributed by atoms with Crippen molar-refractivity contribution in [3.63, 3.8) is 0 Å². The Kier molecular flexibility index (Phi) is 6.12. The van der Waals surface area contributed by atoms with E-state index in [1.807, 2.05) is 38.1 Å². The number of ether oxygens (including phenoxy) is 1. The van der Waals surface area contributed by atoms with Crippen molar-refractivity contribution in [1.82, 2.24) is 10.2 Å². The van der Waals surface area contributed by atoms with E-state index in [0.29, 0.717) is 0 Å². The molecule has 1 aliphatic rings. The first-order chi connectivity index (χ1) is 11.5. The number of carbonyl (C=O) groups excluding carboxylic acids is 3. The third-order valence-electron chi connectivity index (χ3n) is 3.45. The van der Waals surface area contributed by atoms with Crippen LogP contribution in [-0.4, -0.2) is 41.8 Å².